The maximum absolute atomic E-state index is 5.74. The van der Waals surface area contributed by atoms with Crippen molar-refractivity contribution in [3.8, 4) is 0 Å². The number of methoxy groups -OCH3 is 1. The number of ether oxygens (including phenoxy) is 1. The highest BCUT2D eigenvalue weighted by Gasteiger charge is 2.01. The van der Waals surface area contributed by atoms with Crippen molar-refractivity contribution in [2.24, 2.45) is 17.8 Å². The average Bonchev–Trinajstić information content (AvgIpc) is 2.61. The van der Waals surface area contributed by atoms with Gasteiger partial charge in [0.15, 0.2) is 5.96 Å². The summed E-state index contributed by atoms with van der Waals surface area (Å²) >= 11 is 0. The third-order valence-corrected chi connectivity index (χ3v) is 2.14. The van der Waals surface area contributed by atoms with Crippen LogP contribution in [0, 0.1) is 0 Å². The van der Waals surface area contributed by atoms with Crippen LogP contribution in [0.1, 0.15) is 12.5 Å². The molecule has 5 heteroatoms. The smallest absolute Gasteiger partial charge is 0.189 e. The van der Waals surface area contributed by atoms with Gasteiger partial charge in [-0.2, -0.15) is 0 Å². The minimum absolute atomic E-state index is 0.171. The molecule has 1 aromatic rings. The fourth-order valence-electron chi connectivity index (χ4n) is 1.42. The van der Waals surface area contributed by atoms with Crippen LogP contribution in [0.3, 0.4) is 0 Å². The van der Waals surface area contributed by atoms with E-state index < -0.39 is 0 Å². The third-order valence-electron chi connectivity index (χ3n) is 2.14. The van der Waals surface area contributed by atoms with Gasteiger partial charge in [0.1, 0.15) is 0 Å². The molecule has 1 unspecified atom stereocenters. The Balaban J connectivity index is 2.39. The van der Waals surface area contributed by atoms with Crippen LogP contribution in [0.15, 0.2) is 23.5 Å². The molecule has 0 aliphatic heterocycles. The van der Waals surface area contributed by atoms with Gasteiger partial charge in [-0.3, -0.25) is 0 Å². The highest BCUT2D eigenvalue weighted by Crippen LogP contribution is 2.00. The van der Waals surface area contributed by atoms with Crippen LogP contribution in [0.5, 0.6) is 0 Å². The van der Waals surface area contributed by atoms with Gasteiger partial charge in [-0.15, -0.1) is 0 Å². The molecule has 1 heterocycles. The Hall–Kier alpha value is -1.49. The van der Waals surface area contributed by atoms with Crippen LogP contribution < -0.4 is 11.1 Å². The molecule has 5 nitrogen and oxygen atoms in total. The van der Waals surface area contributed by atoms with Gasteiger partial charge in [0.2, 0.25) is 0 Å². The summed E-state index contributed by atoms with van der Waals surface area (Å²) in [5.74, 6) is 0.452. The zero-order valence-corrected chi connectivity index (χ0v) is 10.1. The SMILES string of the molecule is COCC(C)NC(N)=NCc1ccn(C)c1. The first-order chi connectivity index (χ1) is 7.61. The highest BCUT2D eigenvalue weighted by atomic mass is 16.5. The summed E-state index contributed by atoms with van der Waals surface area (Å²) in [4.78, 5) is 4.24. The normalized spacial score (nSPS) is 13.8. The molecule has 0 radical (unpaired) electrons. The van der Waals surface area contributed by atoms with Gasteiger partial charge < -0.3 is 20.4 Å². The third kappa shape index (κ3) is 4.35. The standard InChI is InChI=1S/C11H20N4O/c1-9(8-16-3)14-11(12)13-6-10-4-5-15(2)7-10/h4-5,7,9H,6,8H2,1-3H3,(H3,12,13,14). The van der Waals surface area contributed by atoms with E-state index in [9.17, 15) is 0 Å². The van der Waals surface area contributed by atoms with Crippen LogP contribution >= 0.6 is 0 Å². The van der Waals surface area contributed by atoms with E-state index in [2.05, 4.69) is 10.3 Å². The quantitative estimate of drug-likeness (QED) is 0.564. The van der Waals surface area contributed by atoms with Crippen LogP contribution in [0.25, 0.3) is 0 Å². The summed E-state index contributed by atoms with van der Waals surface area (Å²) in [7, 11) is 3.64. The van der Waals surface area contributed by atoms with Crippen molar-refractivity contribution in [3.05, 3.63) is 24.0 Å². The van der Waals surface area contributed by atoms with E-state index in [1.807, 2.05) is 37.0 Å². The van der Waals surface area contributed by atoms with Gasteiger partial charge >= 0.3 is 0 Å². The predicted molar refractivity (Wildman–Crippen MR) is 65.2 cm³/mol. The van der Waals surface area contributed by atoms with E-state index in [-0.39, 0.29) is 6.04 Å². The zero-order valence-electron chi connectivity index (χ0n) is 10.1. The molecule has 0 aliphatic carbocycles. The fourth-order valence-corrected chi connectivity index (χ4v) is 1.42. The van der Waals surface area contributed by atoms with Gasteiger partial charge in [-0.25, -0.2) is 4.99 Å². The topological polar surface area (TPSA) is 64.6 Å². The molecule has 1 atom stereocenters. The summed E-state index contributed by atoms with van der Waals surface area (Å²) in [6, 6.07) is 2.19. The number of guanidine groups is 1. The first-order valence-corrected chi connectivity index (χ1v) is 5.28. The van der Waals surface area contributed by atoms with Crippen LogP contribution in [0.2, 0.25) is 0 Å². The van der Waals surface area contributed by atoms with Crippen molar-refractivity contribution in [2.45, 2.75) is 19.5 Å². The van der Waals surface area contributed by atoms with E-state index in [0.29, 0.717) is 19.1 Å². The lowest BCUT2D eigenvalue weighted by Gasteiger charge is -2.12. The van der Waals surface area contributed by atoms with E-state index in [1.165, 1.54) is 0 Å². The average molecular weight is 224 g/mol. The van der Waals surface area contributed by atoms with E-state index >= 15 is 0 Å². The molecule has 0 aromatic carbocycles. The maximum Gasteiger partial charge on any atom is 0.189 e. The monoisotopic (exact) mass is 224 g/mol. The maximum atomic E-state index is 5.74. The lowest BCUT2D eigenvalue weighted by Crippen LogP contribution is -2.40. The minimum Gasteiger partial charge on any atom is -0.383 e. The number of aryl methyl sites for hydroxylation is 1. The molecular weight excluding hydrogens is 204 g/mol. The number of aliphatic imine (C=N–C) groups is 1. The van der Waals surface area contributed by atoms with Crippen molar-refractivity contribution >= 4 is 5.96 Å². The number of hydrogen-bond acceptors (Lipinski definition) is 2. The Bertz CT molecular complexity index is 346. The van der Waals surface area contributed by atoms with Crippen LogP contribution in [-0.2, 0) is 18.3 Å². The minimum atomic E-state index is 0.171. The molecule has 0 spiro atoms. The Labute approximate surface area is 96.3 Å². The molecular formula is C11H20N4O. The van der Waals surface area contributed by atoms with Gasteiger partial charge in [0.25, 0.3) is 0 Å². The Morgan fingerprint density at radius 2 is 2.44 bits per heavy atom. The van der Waals surface area contributed by atoms with Gasteiger partial charge in [-0.1, -0.05) is 0 Å². The van der Waals surface area contributed by atoms with E-state index in [4.69, 9.17) is 10.5 Å². The van der Waals surface area contributed by atoms with Crippen LogP contribution in [0.4, 0.5) is 0 Å². The molecule has 0 saturated carbocycles. The zero-order chi connectivity index (χ0) is 12.0. The number of nitrogens with two attached hydrogens (primary N) is 1. The number of hydrogen-bond donors (Lipinski definition) is 2. The number of nitrogens with zero attached hydrogens (tertiary/aromatic N) is 2. The summed E-state index contributed by atoms with van der Waals surface area (Å²) in [5.41, 5.74) is 6.88. The van der Waals surface area contributed by atoms with Crippen molar-refractivity contribution in [1.29, 1.82) is 0 Å². The predicted octanol–water partition coefficient (Wildman–Crippen LogP) is 0.464. The Morgan fingerprint density at radius 3 is 3.00 bits per heavy atom. The van der Waals surface area contributed by atoms with Gasteiger partial charge in [-0.05, 0) is 18.6 Å². The molecule has 1 rings (SSSR count). The second kappa shape index (κ2) is 6.17. The number of rotatable bonds is 5. The Kier molecular flexibility index (Phi) is 4.85. The van der Waals surface area contributed by atoms with Crippen LogP contribution in [-0.4, -0.2) is 30.3 Å². The van der Waals surface area contributed by atoms with Crippen molar-refractivity contribution < 1.29 is 4.74 Å². The second-order valence-electron chi connectivity index (χ2n) is 3.89. The van der Waals surface area contributed by atoms with Crippen molar-refractivity contribution in [3.63, 3.8) is 0 Å². The lowest BCUT2D eigenvalue weighted by atomic mass is 10.3. The first kappa shape index (κ1) is 12.6. The largest absolute Gasteiger partial charge is 0.383 e. The van der Waals surface area contributed by atoms with Gasteiger partial charge in [0.05, 0.1) is 13.2 Å². The van der Waals surface area contributed by atoms with Crippen molar-refractivity contribution in [1.82, 2.24) is 9.88 Å². The van der Waals surface area contributed by atoms with E-state index in [1.54, 1.807) is 7.11 Å². The lowest BCUT2D eigenvalue weighted by molar-refractivity contribution is 0.179. The van der Waals surface area contributed by atoms with Crippen molar-refractivity contribution in [2.75, 3.05) is 13.7 Å². The highest BCUT2D eigenvalue weighted by molar-refractivity contribution is 5.78. The summed E-state index contributed by atoms with van der Waals surface area (Å²) in [5, 5.41) is 3.05. The molecule has 0 bridgehead atoms. The van der Waals surface area contributed by atoms with E-state index in [0.717, 1.165) is 5.56 Å². The number of nitrogens with one attached hydrogen (secondary N) is 1. The summed E-state index contributed by atoms with van der Waals surface area (Å²) in [6.45, 7) is 3.20. The molecule has 0 fully saturated rings. The molecule has 0 aliphatic rings. The molecule has 1 aromatic heterocycles. The summed E-state index contributed by atoms with van der Waals surface area (Å²) in [6.07, 6.45) is 4.01. The Morgan fingerprint density at radius 1 is 1.69 bits per heavy atom. The molecule has 90 valence electrons. The fraction of sp³-hybridized carbons (Fsp3) is 0.545. The molecule has 3 N–H and O–H groups in total. The number of aromatic nitrogens is 1. The first-order valence-electron chi connectivity index (χ1n) is 5.28. The van der Waals surface area contributed by atoms with Gasteiger partial charge in [0, 0.05) is 32.6 Å². The molecule has 0 saturated heterocycles. The second-order valence-corrected chi connectivity index (χ2v) is 3.89. The molecule has 0 amide bonds. The molecule has 16 heavy (non-hydrogen) atoms. The summed E-state index contributed by atoms with van der Waals surface area (Å²) < 4.78 is 6.98.